The van der Waals surface area contributed by atoms with E-state index in [4.69, 9.17) is 14.6 Å². The molecule has 152 valence electrons. The number of aromatic nitrogens is 4. The van der Waals surface area contributed by atoms with Gasteiger partial charge in [-0.1, -0.05) is 6.07 Å². The predicted molar refractivity (Wildman–Crippen MR) is 107 cm³/mol. The number of nitrogens with one attached hydrogen (secondary N) is 2. The molecule has 1 unspecified atom stereocenters. The molecule has 4 rings (SSSR count). The second kappa shape index (κ2) is 8.44. The van der Waals surface area contributed by atoms with Crippen molar-refractivity contribution >= 4 is 17.1 Å². The Morgan fingerprint density at radius 3 is 2.90 bits per heavy atom. The van der Waals surface area contributed by atoms with Gasteiger partial charge < -0.3 is 20.1 Å². The lowest BCUT2D eigenvalue weighted by Crippen LogP contribution is -2.28. The maximum Gasteiger partial charge on any atom is 0.255 e. The molecule has 1 fully saturated rings. The van der Waals surface area contributed by atoms with Crippen LogP contribution in [0.3, 0.4) is 0 Å². The van der Waals surface area contributed by atoms with E-state index in [1.807, 2.05) is 4.68 Å². The summed E-state index contributed by atoms with van der Waals surface area (Å²) in [7, 11) is 3.06. The molecule has 3 aromatic rings. The van der Waals surface area contributed by atoms with Crippen LogP contribution < -0.4 is 20.1 Å². The zero-order chi connectivity index (χ0) is 20.2. The smallest absolute Gasteiger partial charge is 0.255 e. The van der Waals surface area contributed by atoms with Crippen molar-refractivity contribution in [2.75, 3.05) is 33.9 Å². The molecular weight excluding hydrogens is 372 g/mol. The average molecular weight is 396 g/mol. The van der Waals surface area contributed by atoms with Crippen LogP contribution in [0.25, 0.3) is 11.2 Å². The van der Waals surface area contributed by atoms with Crippen LogP contribution in [0.2, 0.25) is 0 Å². The van der Waals surface area contributed by atoms with Crippen molar-refractivity contribution in [1.82, 2.24) is 30.4 Å². The Kier molecular flexibility index (Phi) is 5.57. The van der Waals surface area contributed by atoms with E-state index < -0.39 is 0 Å². The van der Waals surface area contributed by atoms with Crippen LogP contribution in [-0.2, 0) is 6.54 Å². The minimum absolute atomic E-state index is 0.233. The Morgan fingerprint density at radius 1 is 1.28 bits per heavy atom. The lowest BCUT2D eigenvalue weighted by molar-refractivity contribution is 0.0948. The first-order valence-electron chi connectivity index (χ1n) is 9.60. The van der Waals surface area contributed by atoms with E-state index in [-0.39, 0.29) is 5.91 Å². The minimum Gasteiger partial charge on any atom is -0.493 e. The Morgan fingerprint density at radius 2 is 2.14 bits per heavy atom. The molecule has 0 spiro atoms. The van der Waals surface area contributed by atoms with Crippen molar-refractivity contribution in [3.05, 3.63) is 41.9 Å². The lowest BCUT2D eigenvalue weighted by atomic mass is 10.0. The summed E-state index contributed by atoms with van der Waals surface area (Å²) in [5.74, 6) is 1.04. The molecule has 0 aliphatic carbocycles. The van der Waals surface area contributed by atoms with Crippen LogP contribution in [0.15, 0.2) is 30.6 Å². The molecular formula is C20H24N6O3. The fourth-order valence-electron chi connectivity index (χ4n) is 3.68. The number of hydrogen-bond donors (Lipinski definition) is 2. The summed E-state index contributed by atoms with van der Waals surface area (Å²) >= 11 is 0. The quantitative estimate of drug-likeness (QED) is 0.621. The summed E-state index contributed by atoms with van der Waals surface area (Å²) in [5.41, 5.74) is 2.97. The Balaban J connectivity index is 1.49. The molecule has 0 saturated carbocycles. The van der Waals surface area contributed by atoms with Gasteiger partial charge in [0.15, 0.2) is 17.1 Å². The fourth-order valence-corrected chi connectivity index (χ4v) is 3.68. The van der Waals surface area contributed by atoms with Crippen LogP contribution in [-0.4, -0.2) is 59.5 Å². The molecule has 9 nitrogen and oxygen atoms in total. The van der Waals surface area contributed by atoms with E-state index in [1.54, 1.807) is 37.7 Å². The van der Waals surface area contributed by atoms with Crippen molar-refractivity contribution in [1.29, 1.82) is 0 Å². The van der Waals surface area contributed by atoms with Gasteiger partial charge in [0.05, 0.1) is 32.0 Å². The number of rotatable bonds is 7. The second-order valence-corrected chi connectivity index (χ2v) is 6.82. The van der Waals surface area contributed by atoms with Crippen molar-refractivity contribution in [2.45, 2.75) is 18.9 Å². The summed E-state index contributed by atoms with van der Waals surface area (Å²) in [4.78, 5) is 21.6. The van der Waals surface area contributed by atoms with E-state index in [9.17, 15) is 4.79 Å². The van der Waals surface area contributed by atoms with Gasteiger partial charge in [-0.05, 0) is 25.1 Å². The summed E-state index contributed by atoms with van der Waals surface area (Å²) in [5, 5.41) is 11.0. The van der Waals surface area contributed by atoms with Crippen molar-refractivity contribution in [3.8, 4) is 11.5 Å². The van der Waals surface area contributed by atoms with Gasteiger partial charge in [-0.2, -0.15) is 5.10 Å². The summed E-state index contributed by atoms with van der Waals surface area (Å²) in [6.07, 6.45) is 4.39. The van der Waals surface area contributed by atoms with E-state index in [0.29, 0.717) is 36.1 Å². The zero-order valence-electron chi connectivity index (χ0n) is 16.5. The van der Waals surface area contributed by atoms with Crippen molar-refractivity contribution in [3.63, 3.8) is 0 Å². The molecule has 29 heavy (non-hydrogen) atoms. The number of amides is 1. The Hall–Kier alpha value is -3.20. The largest absolute Gasteiger partial charge is 0.493 e. The molecule has 3 heterocycles. The molecule has 1 aliphatic rings. The Bertz CT molecular complexity index is 1010. The van der Waals surface area contributed by atoms with Crippen molar-refractivity contribution in [2.24, 2.45) is 0 Å². The highest BCUT2D eigenvalue weighted by Crippen LogP contribution is 2.30. The number of nitrogens with zero attached hydrogens (tertiary/aromatic N) is 4. The first-order valence-corrected chi connectivity index (χ1v) is 9.60. The first kappa shape index (κ1) is 19.1. The van der Waals surface area contributed by atoms with Gasteiger partial charge in [0.25, 0.3) is 5.91 Å². The number of para-hydroxylation sites is 1. The molecule has 1 saturated heterocycles. The third-order valence-electron chi connectivity index (χ3n) is 5.10. The van der Waals surface area contributed by atoms with Gasteiger partial charge in [0.2, 0.25) is 0 Å². The van der Waals surface area contributed by atoms with Gasteiger partial charge in [-0.15, -0.1) is 0 Å². The molecule has 2 aromatic heterocycles. The van der Waals surface area contributed by atoms with E-state index >= 15 is 0 Å². The Labute approximate surface area is 168 Å². The highest BCUT2D eigenvalue weighted by molar-refractivity contribution is 5.97. The summed E-state index contributed by atoms with van der Waals surface area (Å²) in [6, 6.07) is 5.22. The van der Waals surface area contributed by atoms with Crippen molar-refractivity contribution < 1.29 is 14.3 Å². The molecule has 0 bridgehead atoms. The number of carbonyl (C=O) groups excluding carboxylic acids is 1. The van der Waals surface area contributed by atoms with Gasteiger partial charge in [-0.3, -0.25) is 4.79 Å². The van der Waals surface area contributed by atoms with Gasteiger partial charge in [-0.25, -0.2) is 14.6 Å². The van der Waals surface area contributed by atoms with Gasteiger partial charge >= 0.3 is 0 Å². The third-order valence-corrected chi connectivity index (χ3v) is 5.10. The van der Waals surface area contributed by atoms with Gasteiger partial charge in [0, 0.05) is 31.4 Å². The number of benzene rings is 1. The maximum atomic E-state index is 12.6. The molecule has 2 N–H and O–H groups in total. The van der Waals surface area contributed by atoms with Crippen LogP contribution >= 0.6 is 0 Å². The predicted octanol–water partition coefficient (Wildman–Crippen LogP) is 1.35. The number of ether oxygens (including phenoxy) is 2. The second-order valence-electron chi connectivity index (χ2n) is 6.82. The van der Waals surface area contributed by atoms with Crippen LogP contribution in [0.4, 0.5) is 0 Å². The number of hydrogen-bond acceptors (Lipinski definition) is 7. The van der Waals surface area contributed by atoms with Crippen LogP contribution in [0, 0.1) is 0 Å². The van der Waals surface area contributed by atoms with Crippen LogP contribution in [0.5, 0.6) is 11.5 Å². The van der Waals surface area contributed by atoms with E-state index in [1.165, 1.54) is 7.11 Å². The number of fused-ring (bicyclic) bond motifs is 1. The highest BCUT2D eigenvalue weighted by atomic mass is 16.5. The molecule has 1 aliphatic heterocycles. The fraction of sp³-hybridized carbons (Fsp3) is 0.400. The SMILES string of the molecule is COc1cccc(C(=O)NCCn2nc(C3CCNC3)c3nccnc32)c1OC. The monoisotopic (exact) mass is 396 g/mol. The zero-order valence-corrected chi connectivity index (χ0v) is 16.5. The number of methoxy groups -OCH3 is 2. The standard InChI is InChI=1S/C20H24N6O3/c1-28-15-5-3-4-14(18(15)29-2)20(27)24-10-11-26-19-17(22-8-9-23-19)16(25-26)13-6-7-21-12-13/h3-5,8-9,13,21H,6-7,10-12H2,1-2H3,(H,24,27). The molecule has 1 aromatic carbocycles. The van der Waals surface area contributed by atoms with E-state index in [0.717, 1.165) is 36.4 Å². The average Bonchev–Trinajstić information content (AvgIpc) is 3.41. The van der Waals surface area contributed by atoms with E-state index in [2.05, 4.69) is 20.6 Å². The molecule has 1 atom stereocenters. The normalized spacial score (nSPS) is 16.1. The number of carbonyl (C=O) groups is 1. The highest BCUT2D eigenvalue weighted by Gasteiger charge is 2.24. The third kappa shape index (κ3) is 3.73. The minimum atomic E-state index is -0.233. The molecule has 9 heteroatoms. The van der Waals surface area contributed by atoms with Crippen LogP contribution in [0.1, 0.15) is 28.4 Å². The first-order chi connectivity index (χ1) is 14.2. The van der Waals surface area contributed by atoms with Gasteiger partial charge in [0.1, 0.15) is 5.52 Å². The summed E-state index contributed by atoms with van der Waals surface area (Å²) in [6.45, 7) is 2.77. The maximum absolute atomic E-state index is 12.6. The molecule has 0 radical (unpaired) electrons. The lowest BCUT2D eigenvalue weighted by Gasteiger charge is -2.12. The summed E-state index contributed by atoms with van der Waals surface area (Å²) < 4.78 is 12.4. The molecule has 1 amide bonds. The topological polar surface area (TPSA) is 103 Å².